The molecule has 3 nitrogen and oxygen atoms in total. The first-order valence-corrected chi connectivity index (χ1v) is 11.0. The molecule has 4 aliphatic rings. The van der Waals surface area contributed by atoms with Gasteiger partial charge in [0.1, 0.15) is 0 Å². The number of anilines is 1. The quantitative estimate of drug-likeness (QED) is 0.784. The third-order valence-corrected chi connectivity index (χ3v) is 7.89. The molecule has 6 rings (SSSR count). The average molecular weight is 373 g/mol. The van der Waals surface area contributed by atoms with Crippen LogP contribution in [0.5, 0.6) is 0 Å². The Bertz CT molecular complexity index is 902. The molecule has 0 radical (unpaired) electrons. The number of rotatable bonds is 2. The number of hydrogen-bond acceptors (Lipinski definition) is 2. The van der Waals surface area contributed by atoms with Gasteiger partial charge in [-0.25, -0.2) is 0 Å². The summed E-state index contributed by atoms with van der Waals surface area (Å²) in [7, 11) is 0. The van der Waals surface area contributed by atoms with Gasteiger partial charge in [-0.2, -0.15) is 0 Å². The normalized spacial score (nSPS) is 32.7. The molecule has 144 valence electrons. The maximum atomic E-state index is 13.0. The zero-order valence-corrected chi connectivity index (χ0v) is 16.3. The number of benzene rings is 2. The van der Waals surface area contributed by atoms with Gasteiger partial charge in [0, 0.05) is 24.3 Å². The number of carbonyl (C=O) groups is 1. The predicted molar refractivity (Wildman–Crippen MR) is 111 cm³/mol. The lowest BCUT2D eigenvalue weighted by atomic mass is 9.68. The molecule has 2 aromatic carbocycles. The van der Waals surface area contributed by atoms with Crippen molar-refractivity contribution in [1.29, 1.82) is 0 Å². The maximum absolute atomic E-state index is 13.0. The number of carbonyl (C=O) groups excluding carboxylic acids is 1. The van der Waals surface area contributed by atoms with Crippen molar-refractivity contribution < 1.29 is 4.79 Å². The molecule has 0 unspecified atom stereocenters. The number of amides is 1. The highest BCUT2D eigenvalue weighted by Crippen LogP contribution is 2.63. The van der Waals surface area contributed by atoms with Crippen molar-refractivity contribution in [3.63, 3.8) is 0 Å². The highest BCUT2D eigenvalue weighted by molar-refractivity contribution is 5.95. The molecule has 1 amide bonds. The van der Waals surface area contributed by atoms with E-state index in [1.54, 1.807) is 0 Å². The van der Waals surface area contributed by atoms with E-state index < -0.39 is 0 Å². The molecule has 2 heterocycles. The molecule has 3 fully saturated rings. The van der Waals surface area contributed by atoms with Crippen molar-refractivity contribution in [2.75, 3.05) is 18.4 Å². The fourth-order valence-electron chi connectivity index (χ4n) is 6.71. The van der Waals surface area contributed by atoms with E-state index >= 15 is 0 Å². The van der Waals surface area contributed by atoms with Crippen LogP contribution in [-0.2, 0) is 0 Å². The number of likely N-dealkylation sites (tertiary alicyclic amines) is 1. The lowest BCUT2D eigenvalue weighted by molar-refractivity contribution is 0.0792. The summed E-state index contributed by atoms with van der Waals surface area (Å²) in [4.78, 5) is 15.0. The Hall–Kier alpha value is -2.29. The molecule has 3 heteroatoms. The molecular weight excluding hydrogens is 344 g/mol. The highest BCUT2D eigenvalue weighted by Gasteiger charge is 2.53. The lowest BCUT2D eigenvalue weighted by Gasteiger charge is -2.43. The summed E-state index contributed by atoms with van der Waals surface area (Å²) in [5.74, 6) is 3.10. The standard InChI is InChI=1S/C25H28N2O/c28-25(27-12-4-5-13-27)19-10-11-21-20(15-19)22-17-8-9-18(14-17)23(22)24(26-21)16-6-2-1-3-7-16/h1-3,6-7,10-11,15,17-18,22-24,26H,4-5,8-9,12-14H2/t17-,18+,22+,23-,24-/m0/s1. The van der Waals surface area contributed by atoms with E-state index in [1.807, 2.05) is 11.0 Å². The van der Waals surface area contributed by atoms with Crippen molar-refractivity contribution in [3.8, 4) is 0 Å². The molecule has 2 bridgehead atoms. The van der Waals surface area contributed by atoms with E-state index in [4.69, 9.17) is 0 Å². The third kappa shape index (κ3) is 2.45. The van der Waals surface area contributed by atoms with Crippen LogP contribution >= 0.6 is 0 Å². The molecule has 0 aromatic heterocycles. The minimum absolute atomic E-state index is 0.227. The van der Waals surface area contributed by atoms with Gasteiger partial charge in [-0.15, -0.1) is 0 Å². The van der Waals surface area contributed by atoms with Gasteiger partial charge in [-0.05, 0) is 85.1 Å². The summed E-state index contributed by atoms with van der Waals surface area (Å²) >= 11 is 0. The van der Waals surface area contributed by atoms with Crippen LogP contribution in [-0.4, -0.2) is 23.9 Å². The molecule has 5 atom stereocenters. The number of hydrogen-bond donors (Lipinski definition) is 1. The molecule has 2 aliphatic carbocycles. The van der Waals surface area contributed by atoms with Gasteiger partial charge < -0.3 is 10.2 Å². The molecule has 2 aromatic rings. The monoisotopic (exact) mass is 372 g/mol. The Labute approximate surface area is 167 Å². The molecule has 0 spiro atoms. The van der Waals surface area contributed by atoms with Crippen LogP contribution in [0.25, 0.3) is 0 Å². The van der Waals surface area contributed by atoms with Gasteiger partial charge in [-0.1, -0.05) is 30.3 Å². The zero-order chi connectivity index (χ0) is 18.7. The maximum Gasteiger partial charge on any atom is 0.253 e. The molecular formula is C25H28N2O. The predicted octanol–water partition coefficient (Wildman–Crippen LogP) is 5.22. The third-order valence-electron chi connectivity index (χ3n) is 7.89. The topological polar surface area (TPSA) is 32.3 Å². The second-order valence-electron chi connectivity index (χ2n) is 9.27. The van der Waals surface area contributed by atoms with Gasteiger partial charge in [-0.3, -0.25) is 4.79 Å². The molecule has 1 saturated heterocycles. The minimum atomic E-state index is 0.227. The summed E-state index contributed by atoms with van der Waals surface area (Å²) in [6, 6.07) is 17.8. The highest BCUT2D eigenvalue weighted by atomic mass is 16.2. The van der Waals surface area contributed by atoms with E-state index in [9.17, 15) is 4.79 Å². The summed E-state index contributed by atoms with van der Waals surface area (Å²) in [5.41, 5.74) is 4.96. The van der Waals surface area contributed by atoms with Gasteiger partial charge in [0.25, 0.3) is 5.91 Å². The SMILES string of the molecule is O=C(c1ccc2c(c1)[C@H]1[C@H]3CC[C@H](C3)[C@@H]1[C@H](c1ccccc1)N2)N1CCCC1. The number of fused-ring (bicyclic) bond motifs is 7. The fraction of sp³-hybridized carbons (Fsp3) is 0.480. The Balaban J connectivity index is 1.41. The van der Waals surface area contributed by atoms with Gasteiger partial charge in [0.2, 0.25) is 0 Å². The smallest absolute Gasteiger partial charge is 0.253 e. The van der Waals surface area contributed by atoms with Crippen LogP contribution in [0.1, 0.15) is 65.5 Å². The molecule has 2 saturated carbocycles. The molecule has 1 N–H and O–H groups in total. The summed E-state index contributed by atoms with van der Waals surface area (Å²) in [6.45, 7) is 1.84. The summed E-state index contributed by atoms with van der Waals surface area (Å²) < 4.78 is 0. The van der Waals surface area contributed by atoms with Crippen molar-refractivity contribution in [3.05, 3.63) is 65.2 Å². The first kappa shape index (κ1) is 16.6. The van der Waals surface area contributed by atoms with Crippen LogP contribution in [0.3, 0.4) is 0 Å². The van der Waals surface area contributed by atoms with E-state index in [0.29, 0.717) is 17.9 Å². The average Bonchev–Trinajstić information content (AvgIpc) is 3.51. The largest absolute Gasteiger partial charge is 0.378 e. The Kier molecular flexibility index (Phi) is 3.78. The van der Waals surface area contributed by atoms with Crippen LogP contribution < -0.4 is 5.32 Å². The van der Waals surface area contributed by atoms with E-state index in [2.05, 4.69) is 47.8 Å². The second-order valence-corrected chi connectivity index (χ2v) is 9.27. The summed E-state index contributed by atoms with van der Waals surface area (Å²) in [5, 5.41) is 3.88. The van der Waals surface area contributed by atoms with Gasteiger partial charge in [0.15, 0.2) is 0 Å². The van der Waals surface area contributed by atoms with Gasteiger partial charge >= 0.3 is 0 Å². The van der Waals surface area contributed by atoms with Crippen LogP contribution in [0.2, 0.25) is 0 Å². The minimum Gasteiger partial charge on any atom is -0.378 e. The Morgan fingerprint density at radius 3 is 2.57 bits per heavy atom. The number of nitrogens with one attached hydrogen (secondary N) is 1. The fourth-order valence-corrected chi connectivity index (χ4v) is 6.71. The second kappa shape index (κ2) is 6.37. The van der Waals surface area contributed by atoms with E-state index in [1.165, 1.54) is 36.1 Å². The van der Waals surface area contributed by atoms with Crippen LogP contribution in [0.15, 0.2) is 48.5 Å². The van der Waals surface area contributed by atoms with Crippen molar-refractivity contribution in [1.82, 2.24) is 4.90 Å². The molecule has 28 heavy (non-hydrogen) atoms. The zero-order valence-electron chi connectivity index (χ0n) is 16.3. The van der Waals surface area contributed by atoms with Gasteiger partial charge in [0.05, 0.1) is 6.04 Å². The van der Waals surface area contributed by atoms with E-state index in [0.717, 1.165) is 43.3 Å². The Morgan fingerprint density at radius 2 is 1.75 bits per heavy atom. The van der Waals surface area contributed by atoms with Crippen LogP contribution in [0.4, 0.5) is 5.69 Å². The van der Waals surface area contributed by atoms with Crippen molar-refractivity contribution in [2.24, 2.45) is 17.8 Å². The number of nitrogens with zero attached hydrogens (tertiary/aromatic N) is 1. The van der Waals surface area contributed by atoms with Crippen molar-refractivity contribution in [2.45, 2.75) is 44.1 Å². The summed E-state index contributed by atoms with van der Waals surface area (Å²) in [6.07, 6.45) is 6.39. The Morgan fingerprint density at radius 1 is 0.964 bits per heavy atom. The first-order chi connectivity index (χ1) is 13.8. The lowest BCUT2D eigenvalue weighted by Crippen LogP contribution is -2.36. The van der Waals surface area contributed by atoms with Crippen molar-refractivity contribution >= 4 is 11.6 Å². The first-order valence-electron chi connectivity index (χ1n) is 11.0. The van der Waals surface area contributed by atoms with Crippen LogP contribution in [0, 0.1) is 17.8 Å². The van der Waals surface area contributed by atoms with E-state index in [-0.39, 0.29) is 5.91 Å². The molecule has 2 aliphatic heterocycles.